The molecule has 0 aliphatic carbocycles. The number of carbonyl (C=O) groups is 1. The standard InChI is InChI=1S/C4H9N5O/c5-2-3(6)8-1-9(7)4(2)10/h1-3H,5-7H2. The lowest BCUT2D eigenvalue weighted by molar-refractivity contribution is -0.129. The molecule has 1 aliphatic rings. The number of hydrogen-bond donors (Lipinski definition) is 3. The number of hydrogen-bond acceptors (Lipinski definition) is 5. The van der Waals surface area contributed by atoms with Crippen LogP contribution in [0.25, 0.3) is 0 Å². The van der Waals surface area contributed by atoms with Crippen LogP contribution >= 0.6 is 0 Å². The van der Waals surface area contributed by atoms with Gasteiger partial charge in [0, 0.05) is 0 Å². The fraction of sp³-hybridized carbons (Fsp3) is 0.500. The third-order valence-electron chi connectivity index (χ3n) is 1.27. The van der Waals surface area contributed by atoms with Crippen molar-refractivity contribution in [3.8, 4) is 0 Å². The molecule has 10 heavy (non-hydrogen) atoms. The Morgan fingerprint density at radius 3 is 2.70 bits per heavy atom. The summed E-state index contributed by atoms with van der Waals surface area (Å²) in [5, 5.41) is 0.827. The van der Waals surface area contributed by atoms with Crippen molar-refractivity contribution in [1.29, 1.82) is 0 Å². The SMILES string of the molecule is NC1N=CN(N)C(=O)C1N. The second kappa shape index (κ2) is 2.33. The third-order valence-corrected chi connectivity index (χ3v) is 1.27. The van der Waals surface area contributed by atoms with Gasteiger partial charge in [-0.3, -0.25) is 9.79 Å². The first kappa shape index (κ1) is 7.13. The molecule has 1 heterocycles. The maximum absolute atomic E-state index is 10.8. The van der Waals surface area contributed by atoms with Gasteiger partial charge < -0.3 is 11.5 Å². The van der Waals surface area contributed by atoms with Crippen molar-refractivity contribution >= 4 is 12.2 Å². The minimum absolute atomic E-state index is 0.414. The second-order valence-corrected chi connectivity index (χ2v) is 2.03. The summed E-state index contributed by atoms with van der Waals surface area (Å²) >= 11 is 0. The molecule has 6 nitrogen and oxygen atoms in total. The van der Waals surface area contributed by atoms with Crippen LogP contribution < -0.4 is 17.3 Å². The van der Waals surface area contributed by atoms with Crippen LogP contribution in [0, 0.1) is 0 Å². The molecule has 0 fully saturated rings. The number of aliphatic imine (C=N–C) groups is 1. The summed E-state index contributed by atoms with van der Waals surface area (Å²) in [6.07, 6.45) is 0.503. The number of carbonyl (C=O) groups excluding carboxylic acids is 1. The van der Waals surface area contributed by atoms with Crippen LogP contribution in [0.3, 0.4) is 0 Å². The van der Waals surface area contributed by atoms with Crippen molar-refractivity contribution in [3.05, 3.63) is 0 Å². The smallest absolute Gasteiger partial charge is 0.262 e. The highest BCUT2D eigenvalue weighted by Crippen LogP contribution is 1.97. The molecule has 0 aromatic carbocycles. The summed E-state index contributed by atoms with van der Waals surface area (Å²) in [5.74, 6) is 4.72. The van der Waals surface area contributed by atoms with E-state index in [0.29, 0.717) is 0 Å². The molecule has 6 N–H and O–H groups in total. The molecule has 2 atom stereocenters. The molecule has 1 aliphatic heterocycles. The minimum Gasteiger partial charge on any atom is -0.317 e. The second-order valence-electron chi connectivity index (χ2n) is 2.03. The molecule has 0 saturated heterocycles. The molecule has 2 unspecified atom stereocenters. The van der Waals surface area contributed by atoms with E-state index in [1.165, 1.54) is 0 Å². The Bertz CT molecular complexity index is 178. The van der Waals surface area contributed by atoms with Crippen LogP contribution in [0.15, 0.2) is 4.99 Å². The van der Waals surface area contributed by atoms with Gasteiger partial charge in [-0.1, -0.05) is 0 Å². The van der Waals surface area contributed by atoms with E-state index in [1.54, 1.807) is 0 Å². The minimum atomic E-state index is -0.810. The summed E-state index contributed by atoms with van der Waals surface area (Å²) in [5.41, 5.74) is 10.6. The molecule has 0 aromatic rings. The Labute approximate surface area is 57.6 Å². The monoisotopic (exact) mass is 143 g/mol. The largest absolute Gasteiger partial charge is 0.317 e. The zero-order valence-corrected chi connectivity index (χ0v) is 5.27. The number of amides is 1. The van der Waals surface area contributed by atoms with Crippen LogP contribution in [0.4, 0.5) is 0 Å². The Balaban J connectivity index is 2.79. The van der Waals surface area contributed by atoms with Crippen molar-refractivity contribution in [2.75, 3.05) is 0 Å². The summed E-state index contributed by atoms with van der Waals surface area (Å²) in [7, 11) is 0. The molecule has 0 aromatic heterocycles. The van der Waals surface area contributed by atoms with Crippen molar-refractivity contribution in [1.82, 2.24) is 5.01 Å². The first-order valence-corrected chi connectivity index (χ1v) is 2.75. The number of nitrogens with zero attached hydrogens (tertiary/aromatic N) is 2. The van der Waals surface area contributed by atoms with Gasteiger partial charge >= 0.3 is 0 Å². The summed E-state index contributed by atoms with van der Waals surface area (Å²) < 4.78 is 0. The topological polar surface area (TPSA) is 111 Å². The molecular weight excluding hydrogens is 134 g/mol. The number of rotatable bonds is 0. The normalized spacial score (nSPS) is 33.1. The van der Waals surface area contributed by atoms with E-state index >= 15 is 0 Å². The average molecular weight is 143 g/mol. The highest BCUT2D eigenvalue weighted by Gasteiger charge is 2.27. The predicted octanol–water partition coefficient (Wildman–Crippen LogP) is -2.66. The lowest BCUT2D eigenvalue weighted by Gasteiger charge is -2.23. The highest BCUT2D eigenvalue weighted by atomic mass is 16.2. The molecular formula is C4H9N5O. The van der Waals surface area contributed by atoms with E-state index < -0.39 is 18.1 Å². The predicted molar refractivity (Wildman–Crippen MR) is 35.5 cm³/mol. The molecule has 0 radical (unpaired) electrons. The third kappa shape index (κ3) is 0.991. The molecule has 0 spiro atoms. The van der Waals surface area contributed by atoms with Crippen molar-refractivity contribution in [3.63, 3.8) is 0 Å². The van der Waals surface area contributed by atoms with Crippen LogP contribution in [0.5, 0.6) is 0 Å². The fourth-order valence-electron chi connectivity index (χ4n) is 0.617. The maximum Gasteiger partial charge on any atom is 0.262 e. The highest BCUT2D eigenvalue weighted by molar-refractivity contribution is 5.93. The van der Waals surface area contributed by atoms with Gasteiger partial charge in [0.2, 0.25) is 0 Å². The van der Waals surface area contributed by atoms with Crippen molar-refractivity contribution in [2.24, 2.45) is 22.3 Å². The lowest BCUT2D eigenvalue weighted by atomic mass is 10.2. The van der Waals surface area contributed by atoms with Gasteiger partial charge in [-0.15, -0.1) is 0 Å². The molecule has 56 valence electrons. The van der Waals surface area contributed by atoms with Crippen molar-refractivity contribution in [2.45, 2.75) is 12.2 Å². The Morgan fingerprint density at radius 2 is 2.20 bits per heavy atom. The van der Waals surface area contributed by atoms with E-state index in [0.717, 1.165) is 11.3 Å². The van der Waals surface area contributed by atoms with E-state index in [-0.39, 0.29) is 0 Å². The van der Waals surface area contributed by atoms with Gasteiger partial charge in [-0.2, -0.15) is 0 Å². The Kier molecular flexibility index (Phi) is 1.66. The van der Waals surface area contributed by atoms with Crippen molar-refractivity contribution < 1.29 is 4.79 Å². The molecule has 1 rings (SSSR count). The van der Waals surface area contributed by atoms with E-state index in [1.807, 2.05) is 0 Å². The Hall–Kier alpha value is -0.980. The average Bonchev–Trinajstić information content (AvgIpc) is 1.93. The zero-order chi connectivity index (χ0) is 7.72. The van der Waals surface area contributed by atoms with E-state index in [9.17, 15) is 4.79 Å². The van der Waals surface area contributed by atoms with Gasteiger partial charge in [0.1, 0.15) is 18.5 Å². The molecule has 6 heteroatoms. The fourth-order valence-corrected chi connectivity index (χ4v) is 0.617. The number of hydrazine groups is 1. The summed E-state index contributed by atoms with van der Waals surface area (Å²) in [6.45, 7) is 0. The zero-order valence-electron chi connectivity index (χ0n) is 5.27. The summed E-state index contributed by atoms with van der Waals surface area (Å²) in [4.78, 5) is 14.5. The van der Waals surface area contributed by atoms with Gasteiger partial charge in [-0.05, 0) is 0 Å². The van der Waals surface area contributed by atoms with E-state index in [2.05, 4.69) is 4.99 Å². The first-order valence-electron chi connectivity index (χ1n) is 2.75. The quantitative estimate of drug-likeness (QED) is 0.254. The van der Waals surface area contributed by atoms with Crippen LogP contribution in [-0.2, 0) is 4.79 Å². The van der Waals surface area contributed by atoms with Gasteiger partial charge in [0.15, 0.2) is 0 Å². The molecule has 1 amide bonds. The molecule has 0 saturated carbocycles. The van der Waals surface area contributed by atoms with E-state index in [4.69, 9.17) is 17.3 Å². The van der Waals surface area contributed by atoms with Gasteiger partial charge in [-0.25, -0.2) is 10.9 Å². The van der Waals surface area contributed by atoms with Crippen LogP contribution in [-0.4, -0.2) is 29.5 Å². The Morgan fingerprint density at radius 1 is 1.60 bits per heavy atom. The lowest BCUT2D eigenvalue weighted by Crippen LogP contribution is -2.57. The van der Waals surface area contributed by atoms with Crippen LogP contribution in [0.1, 0.15) is 0 Å². The number of nitrogens with two attached hydrogens (primary N) is 3. The first-order chi connectivity index (χ1) is 4.63. The maximum atomic E-state index is 10.8. The molecule has 0 bridgehead atoms. The van der Waals surface area contributed by atoms with Gasteiger partial charge in [0.05, 0.1) is 0 Å². The van der Waals surface area contributed by atoms with Crippen LogP contribution in [0.2, 0.25) is 0 Å². The van der Waals surface area contributed by atoms with Gasteiger partial charge in [0.25, 0.3) is 5.91 Å². The summed E-state index contributed by atoms with van der Waals surface area (Å²) in [6, 6.07) is -0.810.